The molecule has 0 radical (unpaired) electrons. The number of benzene rings is 1. The van der Waals surface area contributed by atoms with Gasteiger partial charge in [0, 0.05) is 19.9 Å². The molecule has 1 unspecified atom stereocenters. The van der Waals surface area contributed by atoms with Gasteiger partial charge in [0.05, 0.1) is 22.0 Å². The smallest absolute Gasteiger partial charge is 0.123 e. The fourth-order valence-electron chi connectivity index (χ4n) is 2.48. The van der Waals surface area contributed by atoms with Crippen LogP contribution in [0.3, 0.4) is 0 Å². The molecule has 1 aromatic carbocycles. The minimum atomic E-state index is -0.972. The van der Waals surface area contributed by atoms with Gasteiger partial charge in [0.25, 0.3) is 0 Å². The zero-order valence-electron chi connectivity index (χ0n) is 12.5. The fourth-order valence-corrected chi connectivity index (χ4v) is 2.84. The van der Waals surface area contributed by atoms with Crippen molar-refractivity contribution in [3.8, 4) is 0 Å². The molecule has 5 heteroatoms. The molecule has 3 nitrogen and oxygen atoms in total. The highest BCUT2D eigenvalue weighted by Crippen LogP contribution is 2.26. The molecule has 0 fully saturated rings. The van der Waals surface area contributed by atoms with Gasteiger partial charge in [0.2, 0.25) is 0 Å². The van der Waals surface area contributed by atoms with E-state index in [1.54, 1.807) is 23.7 Å². The molecule has 1 atom stereocenters. The molecule has 0 bridgehead atoms. The summed E-state index contributed by atoms with van der Waals surface area (Å²) in [5, 5.41) is 15.6. The molecule has 0 amide bonds. The Bertz CT molecular complexity index is 620. The van der Waals surface area contributed by atoms with E-state index in [1.807, 2.05) is 14.0 Å². The number of hydrogen-bond donors (Lipinski definition) is 1. The van der Waals surface area contributed by atoms with E-state index in [9.17, 15) is 9.50 Å². The van der Waals surface area contributed by atoms with Crippen LogP contribution in [0.25, 0.3) is 0 Å². The van der Waals surface area contributed by atoms with Gasteiger partial charge in [0.1, 0.15) is 5.82 Å². The summed E-state index contributed by atoms with van der Waals surface area (Å²) in [5.41, 5.74) is 1.57. The third kappa shape index (κ3) is 3.83. The molecule has 114 valence electrons. The largest absolute Gasteiger partial charge is 0.389 e. The monoisotopic (exact) mass is 310 g/mol. The second-order valence-corrected chi connectivity index (χ2v) is 6.04. The Labute approximate surface area is 129 Å². The summed E-state index contributed by atoms with van der Waals surface area (Å²) in [4.78, 5) is 0. The van der Waals surface area contributed by atoms with Crippen LogP contribution in [0.2, 0.25) is 5.02 Å². The van der Waals surface area contributed by atoms with Gasteiger partial charge in [0.15, 0.2) is 0 Å². The molecular formula is C16H20ClFN2O. The lowest BCUT2D eigenvalue weighted by Gasteiger charge is -2.23. The zero-order valence-corrected chi connectivity index (χ0v) is 13.3. The van der Waals surface area contributed by atoms with Gasteiger partial charge in [-0.15, -0.1) is 0 Å². The third-order valence-electron chi connectivity index (χ3n) is 3.55. The molecule has 1 aromatic heterocycles. The maximum absolute atomic E-state index is 12.9. The highest BCUT2D eigenvalue weighted by molar-refractivity contribution is 6.31. The SMILES string of the molecule is CCc1nn(C)c(CC(C)(O)Cc2ccc(F)cc2)c1Cl. The summed E-state index contributed by atoms with van der Waals surface area (Å²) in [6.07, 6.45) is 1.58. The number of aliphatic hydroxyl groups is 1. The van der Waals surface area contributed by atoms with Crippen molar-refractivity contribution in [2.45, 2.75) is 38.7 Å². The highest BCUT2D eigenvalue weighted by atomic mass is 35.5. The molecule has 0 aliphatic heterocycles. The number of hydrogen-bond acceptors (Lipinski definition) is 2. The Morgan fingerprint density at radius 2 is 1.90 bits per heavy atom. The zero-order chi connectivity index (χ0) is 15.6. The van der Waals surface area contributed by atoms with Gasteiger partial charge in [-0.3, -0.25) is 4.68 Å². The van der Waals surface area contributed by atoms with Gasteiger partial charge >= 0.3 is 0 Å². The Morgan fingerprint density at radius 1 is 1.29 bits per heavy atom. The summed E-state index contributed by atoms with van der Waals surface area (Å²) in [6, 6.07) is 6.17. The van der Waals surface area contributed by atoms with Crippen molar-refractivity contribution >= 4 is 11.6 Å². The molecule has 1 N–H and O–H groups in total. The second kappa shape index (κ2) is 6.16. The number of rotatable bonds is 5. The lowest BCUT2D eigenvalue weighted by Crippen LogP contribution is -2.31. The third-order valence-corrected chi connectivity index (χ3v) is 3.99. The predicted octanol–water partition coefficient (Wildman–Crippen LogP) is 3.31. The van der Waals surface area contributed by atoms with Crippen LogP contribution in [0.5, 0.6) is 0 Å². The van der Waals surface area contributed by atoms with Crippen molar-refractivity contribution in [1.82, 2.24) is 9.78 Å². The van der Waals surface area contributed by atoms with Crippen LogP contribution in [-0.2, 0) is 26.3 Å². The normalized spacial score (nSPS) is 14.2. The molecule has 1 heterocycles. The number of nitrogens with zero attached hydrogens (tertiary/aromatic N) is 2. The molecule has 2 rings (SSSR count). The van der Waals surface area contributed by atoms with E-state index < -0.39 is 5.60 Å². The van der Waals surface area contributed by atoms with Crippen LogP contribution in [-0.4, -0.2) is 20.5 Å². The Morgan fingerprint density at radius 3 is 2.43 bits per heavy atom. The fraction of sp³-hybridized carbons (Fsp3) is 0.438. The van der Waals surface area contributed by atoms with Gasteiger partial charge in [-0.05, 0) is 31.0 Å². The van der Waals surface area contributed by atoms with Crippen LogP contribution in [0.1, 0.15) is 30.8 Å². The maximum Gasteiger partial charge on any atom is 0.123 e. The van der Waals surface area contributed by atoms with Crippen molar-refractivity contribution in [2.75, 3.05) is 0 Å². The first-order valence-corrected chi connectivity index (χ1v) is 7.37. The van der Waals surface area contributed by atoms with E-state index in [0.717, 1.165) is 23.4 Å². The lowest BCUT2D eigenvalue weighted by molar-refractivity contribution is 0.0589. The standard InChI is InChI=1S/C16H20ClFN2O/c1-4-13-15(17)14(20(3)19-13)10-16(2,21)9-11-5-7-12(18)8-6-11/h5-8,21H,4,9-10H2,1-3H3. The molecule has 21 heavy (non-hydrogen) atoms. The molecule has 0 aliphatic rings. The van der Waals surface area contributed by atoms with Crippen molar-refractivity contribution < 1.29 is 9.50 Å². The minimum Gasteiger partial charge on any atom is -0.389 e. The number of halogens is 2. The maximum atomic E-state index is 12.9. The van der Waals surface area contributed by atoms with Crippen molar-refractivity contribution in [1.29, 1.82) is 0 Å². The average molecular weight is 311 g/mol. The highest BCUT2D eigenvalue weighted by Gasteiger charge is 2.26. The molecule has 0 aliphatic carbocycles. The first-order valence-electron chi connectivity index (χ1n) is 6.99. The van der Waals surface area contributed by atoms with Crippen molar-refractivity contribution in [3.63, 3.8) is 0 Å². The topological polar surface area (TPSA) is 38.0 Å². The van der Waals surface area contributed by atoms with E-state index in [0.29, 0.717) is 17.9 Å². The summed E-state index contributed by atoms with van der Waals surface area (Å²) in [5.74, 6) is -0.277. The summed E-state index contributed by atoms with van der Waals surface area (Å²) < 4.78 is 14.6. The number of aromatic nitrogens is 2. The van der Waals surface area contributed by atoms with E-state index in [4.69, 9.17) is 11.6 Å². The van der Waals surface area contributed by atoms with E-state index >= 15 is 0 Å². The van der Waals surface area contributed by atoms with Crippen molar-refractivity contribution in [2.24, 2.45) is 7.05 Å². The lowest BCUT2D eigenvalue weighted by atomic mass is 9.91. The van der Waals surface area contributed by atoms with Crippen LogP contribution >= 0.6 is 11.6 Å². The Hall–Kier alpha value is -1.39. The van der Waals surface area contributed by atoms with Gasteiger partial charge in [-0.1, -0.05) is 30.7 Å². The Balaban J connectivity index is 2.17. The quantitative estimate of drug-likeness (QED) is 0.920. The van der Waals surface area contributed by atoms with Gasteiger partial charge < -0.3 is 5.11 Å². The predicted molar refractivity (Wildman–Crippen MR) is 82.0 cm³/mol. The summed E-state index contributed by atoms with van der Waals surface area (Å²) >= 11 is 6.32. The van der Waals surface area contributed by atoms with Gasteiger partial charge in [-0.25, -0.2) is 4.39 Å². The molecule has 2 aromatic rings. The molecule has 0 saturated carbocycles. The van der Waals surface area contributed by atoms with E-state index in [-0.39, 0.29) is 5.82 Å². The van der Waals surface area contributed by atoms with Crippen LogP contribution < -0.4 is 0 Å². The average Bonchev–Trinajstić information content (AvgIpc) is 2.68. The first-order chi connectivity index (χ1) is 9.82. The second-order valence-electron chi connectivity index (χ2n) is 5.66. The first kappa shape index (κ1) is 16.0. The van der Waals surface area contributed by atoms with Crippen molar-refractivity contribution in [3.05, 3.63) is 52.1 Å². The summed E-state index contributed by atoms with van der Waals surface area (Å²) in [7, 11) is 1.83. The number of aryl methyl sites for hydroxylation is 2. The minimum absolute atomic E-state index is 0.277. The van der Waals surface area contributed by atoms with Crippen LogP contribution in [0, 0.1) is 5.82 Å². The Kier molecular flexibility index (Phi) is 4.69. The summed E-state index contributed by atoms with van der Waals surface area (Å²) in [6.45, 7) is 3.75. The molecular weight excluding hydrogens is 291 g/mol. The molecule has 0 spiro atoms. The van der Waals surface area contributed by atoms with E-state index in [1.165, 1.54) is 12.1 Å². The van der Waals surface area contributed by atoms with E-state index in [2.05, 4.69) is 5.10 Å². The van der Waals surface area contributed by atoms with Crippen LogP contribution in [0.15, 0.2) is 24.3 Å². The van der Waals surface area contributed by atoms with Gasteiger partial charge in [-0.2, -0.15) is 5.10 Å². The molecule has 0 saturated heterocycles. The van der Waals surface area contributed by atoms with Crippen LogP contribution in [0.4, 0.5) is 4.39 Å².